The quantitative estimate of drug-likeness (QED) is 0.646. The highest BCUT2D eigenvalue weighted by atomic mass is 16.5. The number of hydrogen-bond acceptors (Lipinski definition) is 3. The molecule has 0 heterocycles. The van der Waals surface area contributed by atoms with Crippen LogP contribution in [-0.4, -0.2) is 43.5 Å². The van der Waals surface area contributed by atoms with Gasteiger partial charge in [-0.15, -0.1) is 0 Å². The SMILES string of the molecule is CN(CCOCC1CC1)C1CCC(=O)CC1. The number of hydrogen-bond donors (Lipinski definition) is 0. The first-order chi connectivity index (χ1) is 7.75. The Hall–Kier alpha value is -0.410. The van der Waals surface area contributed by atoms with E-state index in [0.717, 1.165) is 51.4 Å². The molecule has 92 valence electrons. The normalized spacial score (nSPS) is 23.0. The largest absolute Gasteiger partial charge is 0.380 e. The van der Waals surface area contributed by atoms with Crippen molar-refractivity contribution in [3.63, 3.8) is 0 Å². The number of likely N-dealkylation sites (N-methyl/N-ethyl adjacent to an activating group) is 1. The monoisotopic (exact) mass is 225 g/mol. The summed E-state index contributed by atoms with van der Waals surface area (Å²) in [6, 6.07) is 0.599. The van der Waals surface area contributed by atoms with Gasteiger partial charge in [0.15, 0.2) is 0 Å². The summed E-state index contributed by atoms with van der Waals surface area (Å²) in [5, 5.41) is 0. The molecule has 0 aromatic rings. The van der Waals surface area contributed by atoms with Crippen LogP contribution in [0.3, 0.4) is 0 Å². The summed E-state index contributed by atoms with van der Waals surface area (Å²) in [6.07, 6.45) is 6.35. The van der Waals surface area contributed by atoms with Gasteiger partial charge in [0.25, 0.3) is 0 Å². The van der Waals surface area contributed by atoms with E-state index in [0.29, 0.717) is 11.8 Å². The first-order valence-electron chi connectivity index (χ1n) is 6.55. The van der Waals surface area contributed by atoms with E-state index in [4.69, 9.17) is 4.74 Å². The van der Waals surface area contributed by atoms with Crippen LogP contribution >= 0.6 is 0 Å². The number of carbonyl (C=O) groups is 1. The predicted molar refractivity (Wildman–Crippen MR) is 63.4 cm³/mol. The summed E-state index contributed by atoms with van der Waals surface area (Å²) >= 11 is 0. The van der Waals surface area contributed by atoms with E-state index < -0.39 is 0 Å². The van der Waals surface area contributed by atoms with Gasteiger partial charge < -0.3 is 9.64 Å². The first-order valence-corrected chi connectivity index (χ1v) is 6.55. The zero-order valence-electron chi connectivity index (χ0n) is 10.3. The smallest absolute Gasteiger partial charge is 0.133 e. The number of ketones is 1. The van der Waals surface area contributed by atoms with Crippen molar-refractivity contribution in [3.8, 4) is 0 Å². The summed E-state index contributed by atoms with van der Waals surface area (Å²) < 4.78 is 5.63. The van der Waals surface area contributed by atoms with Gasteiger partial charge in [-0.2, -0.15) is 0 Å². The van der Waals surface area contributed by atoms with E-state index in [1.54, 1.807) is 0 Å². The highest BCUT2D eigenvalue weighted by molar-refractivity contribution is 5.79. The van der Waals surface area contributed by atoms with Crippen LogP contribution < -0.4 is 0 Å². The molecule has 0 spiro atoms. The van der Waals surface area contributed by atoms with Gasteiger partial charge >= 0.3 is 0 Å². The highest BCUT2D eigenvalue weighted by Crippen LogP contribution is 2.28. The van der Waals surface area contributed by atoms with Gasteiger partial charge in [0.1, 0.15) is 5.78 Å². The van der Waals surface area contributed by atoms with E-state index in [1.165, 1.54) is 12.8 Å². The Kier molecular flexibility index (Phi) is 4.36. The molecule has 0 radical (unpaired) electrons. The summed E-state index contributed by atoms with van der Waals surface area (Å²) in [6.45, 7) is 2.81. The second kappa shape index (κ2) is 5.78. The lowest BCUT2D eigenvalue weighted by Gasteiger charge is -2.30. The highest BCUT2D eigenvalue weighted by Gasteiger charge is 2.23. The Balaban J connectivity index is 1.55. The molecule has 2 saturated carbocycles. The molecule has 0 saturated heterocycles. The average Bonchev–Trinajstić information content (AvgIpc) is 3.09. The number of Topliss-reactive ketones (excluding diaryl/α,β-unsaturated/α-hetero) is 1. The van der Waals surface area contributed by atoms with Crippen LogP contribution in [0.15, 0.2) is 0 Å². The Morgan fingerprint density at radius 3 is 2.56 bits per heavy atom. The number of carbonyl (C=O) groups excluding carboxylic acids is 1. The van der Waals surface area contributed by atoms with Crippen LogP contribution in [0.2, 0.25) is 0 Å². The maximum absolute atomic E-state index is 11.1. The van der Waals surface area contributed by atoms with Gasteiger partial charge in [-0.1, -0.05) is 0 Å². The second-order valence-electron chi connectivity index (χ2n) is 5.27. The molecule has 0 N–H and O–H groups in total. The predicted octanol–water partition coefficient (Wildman–Crippen LogP) is 1.86. The van der Waals surface area contributed by atoms with E-state index >= 15 is 0 Å². The number of nitrogens with zero attached hydrogens (tertiary/aromatic N) is 1. The van der Waals surface area contributed by atoms with Gasteiger partial charge in [0.05, 0.1) is 6.61 Å². The zero-order valence-corrected chi connectivity index (χ0v) is 10.3. The molecular weight excluding hydrogens is 202 g/mol. The van der Waals surface area contributed by atoms with Crippen molar-refractivity contribution in [2.24, 2.45) is 5.92 Å². The molecule has 2 aliphatic rings. The second-order valence-corrected chi connectivity index (χ2v) is 5.27. The van der Waals surface area contributed by atoms with E-state index in [9.17, 15) is 4.79 Å². The van der Waals surface area contributed by atoms with Crippen LogP contribution in [0.25, 0.3) is 0 Å². The molecule has 0 unspecified atom stereocenters. The molecule has 0 bridgehead atoms. The summed E-state index contributed by atoms with van der Waals surface area (Å²) in [4.78, 5) is 13.5. The van der Waals surface area contributed by atoms with Gasteiger partial charge in [-0.05, 0) is 38.6 Å². The van der Waals surface area contributed by atoms with Crippen molar-refractivity contribution < 1.29 is 9.53 Å². The number of rotatable bonds is 6. The van der Waals surface area contributed by atoms with Gasteiger partial charge in [0.2, 0.25) is 0 Å². The fourth-order valence-corrected chi connectivity index (χ4v) is 2.29. The van der Waals surface area contributed by atoms with E-state index in [1.807, 2.05) is 0 Å². The molecule has 0 atom stereocenters. The lowest BCUT2D eigenvalue weighted by molar-refractivity contribution is -0.121. The third kappa shape index (κ3) is 3.87. The Morgan fingerprint density at radius 1 is 1.25 bits per heavy atom. The minimum absolute atomic E-state index is 0.439. The summed E-state index contributed by atoms with van der Waals surface area (Å²) in [7, 11) is 2.15. The lowest BCUT2D eigenvalue weighted by atomic mass is 9.93. The topological polar surface area (TPSA) is 29.5 Å². The summed E-state index contributed by atoms with van der Waals surface area (Å²) in [5.74, 6) is 1.30. The van der Waals surface area contributed by atoms with Crippen molar-refractivity contribution in [1.82, 2.24) is 4.90 Å². The minimum atomic E-state index is 0.439. The average molecular weight is 225 g/mol. The molecule has 2 fully saturated rings. The molecule has 0 aliphatic heterocycles. The molecular formula is C13H23NO2. The number of ether oxygens (including phenoxy) is 1. The Bertz CT molecular complexity index is 228. The van der Waals surface area contributed by atoms with Crippen molar-refractivity contribution in [3.05, 3.63) is 0 Å². The van der Waals surface area contributed by atoms with Crippen LogP contribution in [0.1, 0.15) is 38.5 Å². The first kappa shape index (κ1) is 12.1. The molecule has 0 aromatic heterocycles. The molecule has 3 heteroatoms. The lowest BCUT2D eigenvalue weighted by Crippen LogP contribution is -2.37. The van der Waals surface area contributed by atoms with Crippen LogP contribution in [0, 0.1) is 5.92 Å². The Morgan fingerprint density at radius 2 is 1.94 bits per heavy atom. The van der Waals surface area contributed by atoms with Crippen molar-refractivity contribution in [2.45, 2.75) is 44.6 Å². The fraction of sp³-hybridized carbons (Fsp3) is 0.923. The van der Waals surface area contributed by atoms with Crippen LogP contribution in [0.5, 0.6) is 0 Å². The maximum Gasteiger partial charge on any atom is 0.133 e. The van der Waals surface area contributed by atoms with Crippen molar-refractivity contribution >= 4 is 5.78 Å². The van der Waals surface area contributed by atoms with Crippen LogP contribution in [0.4, 0.5) is 0 Å². The maximum atomic E-state index is 11.1. The van der Waals surface area contributed by atoms with Gasteiger partial charge in [0, 0.05) is 32.0 Å². The Labute approximate surface area is 98.1 Å². The van der Waals surface area contributed by atoms with Crippen molar-refractivity contribution in [1.29, 1.82) is 0 Å². The molecule has 16 heavy (non-hydrogen) atoms. The minimum Gasteiger partial charge on any atom is -0.380 e. The van der Waals surface area contributed by atoms with Crippen LogP contribution in [-0.2, 0) is 9.53 Å². The molecule has 3 nitrogen and oxygen atoms in total. The van der Waals surface area contributed by atoms with E-state index in [2.05, 4.69) is 11.9 Å². The standard InChI is InChI=1S/C13H23NO2/c1-14(8-9-16-10-11-2-3-11)12-4-6-13(15)7-5-12/h11-12H,2-10H2,1H3. The third-order valence-corrected chi connectivity index (χ3v) is 3.77. The zero-order chi connectivity index (χ0) is 11.4. The van der Waals surface area contributed by atoms with E-state index in [-0.39, 0.29) is 0 Å². The summed E-state index contributed by atoms with van der Waals surface area (Å²) in [5.41, 5.74) is 0. The fourth-order valence-electron chi connectivity index (χ4n) is 2.29. The molecule has 2 aliphatic carbocycles. The van der Waals surface area contributed by atoms with Gasteiger partial charge in [-0.3, -0.25) is 4.79 Å². The van der Waals surface area contributed by atoms with Gasteiger partial charge in [-0.25, -0.2) is 0 Å². The third-order valence-electron chi connectivity index (χ3n) is 3.77. The molecule has 2 rings (SSSR count). The molecule has 0 aromatic carbocycles. The van der Waals surface area contributed by atoms with Crippen molar-refractivity contribution in [2.75, 3.05) is 26.8 Å². The molecule has 0 amide bonds.